The van der Waals surface area contributed by atoms with Gasteiger partial charge in [0.2, 0.25) is 0 Å². The molecule has 0 bridgehead atoms. The van der Waals surface area contributed by atoms with Crippen LogP contribution in [-0.4, -0.2) is 34.1 Å². The molecule has 0 aliphatic heterocycles. The molecule has 1 heterocycles. The van der Waals surface area contributed by atoms with Crippen molar-refractivity contribution in [3.8, 4) is 5.69 Å². The maximum Gasteiger partial charge on any atom is 0.357 e. The molecule has 1 aliphatic carbocycles. The molecule has 1 aliphatic rings. The third-order valence-corrected chi connectivity index (χ3v) is 4.74. The molecule has 1 amide bonds. The van der Waals surface area contributed by atoms with E-state index in [-0.39, 0.29) is 30.1 Å². The molecule has 2 unspecified atom stereocenters. The number of carbonyl (C=O) groups is 2. The highest BCUT2D eigenvalue weighted by atomic mass is 19.1. The molecular formula is C19H22FN3O3. The zero-order chi connectivity index (χ0) is 18.5. The maximum atomic E-state index is 13.1. The highest BCUT2D eigenvalue weighted by molar-refractivity contribution is 5.90. The van der Waals surface area contributed by atoms with Crippen molar-refractivity contribution in [1.29, 1.82) is 0 Å². The summed E-state index contributed by atoms with van der Waals surface area (Å²) in [6, 6.07) is 5.79. The van der Waals surface area contributed by atoms with Gasteiger partial charge in [0.25, 0.3) is 5.91 Å². The van der Waals surface area contributed by atoms with E-state index >= 15 is 0 Å². The molecule has 3 rings (SSSR count). The monoisotopic (exact) mass is 359 g/mol. The Morgan fingerprint density at radius 1 is 1.27 bits per heavy atom. The predicted octanol–water partition coefficient (Wildman–Crippen LogP) is 2.86. The van der Waals surface area contributed by atoms with Gasteiger partial charge in [-0.2, -0.15) is 0 Å². The number of benzene rings is 1. The SMILES string of the molecule is CC1CCCCC1NC(=O)COC(=O)c1cncn1-c1ccc(F)cc1. The third-order valence-electron chi connectivity index (χ3n) is 4.74. The summed E-state index contributed by atoms with van der Waals surface area (Å²) in [5.41, 5.74) is 0.756. The van der Waals surface area contributed by atoms with Crippen LogP contribution in [0.5, 0.6) is 0 Å². The van der Waals surface area contributed by atoms with Gasteiger partial charge in [-0.1, -0.05) is 19.8 Å². The summed E-state index contributed by atoms with van der Waals surface area (Å²) in [7, 11) is 0. The number of ether oxygens (including phenoxy) is 1. The minimum atomic E-state index is -0.654. The van der Waals surface area contributed by atoms with Crippen molar-refractivity contribution in [2.75, 3.05) is 6.61 Å². The quantitative estimate of drug-likeness (QED) is 0.833. The fourth-order valence-electron chi connectivity index (χ4n) is 3.24. The largest absolute Gasteiger partial charge is 0.451 e. The molecule has 2 aromatic rings. The second-order valence-corrected chi connectivity index (χ2v) is 6.64. The molecule has 26 heavy (non-hydrogen) atoms. The standard InChI is InChI=1S/C19H22FN3O3/c1-13-4-2-3-5-16(13)22-18(24)11-26-19(25)17-10-21-12-23(17)15-8-6-14(20)7-9-15/h6-10,12-13,16H,2-5,11H2,1H3,(H,22,24). The van der Waals surface area contributed by atoms with Crippen LogP contribution in [0.3, 0.4) is 0 Å². The molecule has 1 fully saturated rings. The minimum Gasteiger partial charge on any atom is -0.451 e. The van der Waals surface area contributed by atoms with Crippen LogP contribution in [0.25, 0.3) is 5.69 Å². The molecule has 0 radical (unpaired) electrons. The first-order chi connectivity index (χ1) is 12.5. The molecule has 0 spiro atoms. The van der Waals surface area contributed by atoms with Crippen LogP contribution in [-0.2, 0) is 9.53 Å². The van der Waals surface area contributed by atoms with Crippen LogP contribution in [0, 0.1) is 11.7 Å². The van der Waals surface area contributed by atoms with E-state index in [1.807, 2.05) is 0 Å². The average Bonchev–Trinajstić information content (AvgIpc) is 3.12. The van der Waals surface area contributed by atoms with E-state index in [1.54, 1.807) is 0 Å². The average molecular weight is 359 g/mol. The molecule has 1 aromatic carbocycles. The Balaban J connectivity index is 1.58. The summed E-state index contributed by atoms with van der Waals surface area (Å²) >= 11 is 0. The zero-order valence-electron chi connectivity index (χ0n) is 14.7. The predicted molar refractivity (Wildman–Crippen MR) is 93.4 cm³/mol. The fourth-order valence-corrected chi connectivity index (χ4v) is 3.24. The number of carbonyl (C=O) groups excluding carboxylic acids is 2. The normalized spacial score (nSPS) is 19.8. The van der Waals surface area contributed by atoms with E-state index in [2.05, 4.69) is 17.2 Å². The lowest BCUT2D eigenvalue weighted by Gasteiger charge is -2.29. The first-order valence-corrected chi connectivity index (χ1v) is 8.79. The summed E-state index contributed by atoms with van der Waals surface area (Å²) in [5, 5.41) is 2.94. The van der Waals surface area contributed by atoms with Crippen LogP contribution in [0.2, 0.25) is 0 Å². The number of esters is 1. The maximum absolute atomic E-state index is 13.1. The van der Waals surface area contributed by atoms with E-state index in [0.29, 0.717) is 11.6 Å². The number of halogens is 1. The first-order valence-electron chi connectivity index (χ1n) is 8.79. The van der Waals surface area contributed by atoms with Crippen LogP contribution >= 0.6 is 0 Å². The van der Waals surface area contributed by atoms with Crippen molar-refractivity contribution in [3.63, 3.8) is 0 Å². The van der Waals surface area contributed by atoms with Gasteiger partial charge in [-0.3, -0.25) is 9.36 Å². The number of amides is 1. The van der Waals surface area contributed by atoms with E-state index in [0.717, 1.165) is 19.3 Å². The first kappa shape index (κ1) is 18.1. The van der Waals surface area contributed by atoms with Gasteiger partial charge in [0, 0.05) is 11.7 Å². The zero-order valence-corrected chi connectivity index (χ0v) is 14.7. The van der Waals surface area contributed by atoms with Gasteiger partial charge < -0.3 is 10.1 Å². The summed E-state index contributed by atoms with van der Waals surface area (Å²) in [6.07, 6.45) is 7.14. The second kappa shape index (κ2) is 8.12. The Morgan fingerprint density at radius 2 is 2.00 bits per heavy atom. The Bertz CT molecular complexity index is 773. The summed E-state index contributed by atoms with van der Waals surface area (Å²) in [4.78, 5) is 28.3. The van der Waals surface area contributed by atoms with Crippen molar-refractivity contribution in [1.82, 2.24) is 14.9 Å². The van der Waals surface area contributed by atoms with Crippen molar-refractivity contribution in [2.45, 2.75) is 38.6 Å². The van der Waals surface area contributed by atoms with Gasteiger partial charge in [-0.15, -0.1) is 0 Å². The number of nitrogens with zero attached hydrogens (tertiary/aromatic N) is 2. The van der Waals surface area contributed by atoms with E-state index in [1.165, 1.54) is 47.8 Å². The van der Waals surface area contributed by atoms with Gasteiger partial charge in [-0.05, 0) is 43.0 Å². The van der Waals surface area contributed by atoms with Crippen molar-refractivity contribution < 1.29 is 18.7 Å². The molecule has 6 nitrogen and oxygen atoms in total. The molecule has 7 heteroatoms. The van der Waals surface area contributed by atoms with Crippen molar-refractivity contribution >= 4 is 11.9 Å². The molecule has 138 valence electrons. The third kappa shape index (κ3) is 4.28. The number of imidazole rings is 1. The molecule has 1 N–H and O–H groups in total. The van der Waals surface area contributed by atoms with Crippen LogP contribution < -0.4 is 5.32 Å². The van der Waals surface area contributed by atoms with E-state index in [9.17, 15) is 14.0 Å². The Morgan fingerprint density at radius 3 is 2.73 bits per heavy atom. The molecule has 1 aromatic heterocycles. The van der Waals surface area contributed by atoms with Gasteiger partial charge in [0.15, 0.2) is 12.3 Å². The topological polar surface area (TPSA) is 73.2 Å². The van der Waals surface area contributed by atoms with Gasteiger partial charge in [-0.25, -0.2) is 14.2 Å². The lowest BCUT2D eigenvalue weighted by Crippen LogP contribution is -2.42. The number of hydrogen-bond acceptors (Lipinski definition) is 4. The molecule has 2 atom stereocenters. The second-order valence-electron chi connectivity index (χ2n) is 6.64. The number of aromatic nitrogens is 2. The summed E-state index contributed by atoms with van der Waals surface area (Å²) < 4.78 is 19.7. The van der Waals surface area contributed by atoms with Crippen LogP contribution in [0.4, 0.5) is 4.39 Å². The smallest absolute Gasteiger partial charge is 0.357 e. The Hall–Kier alpha value is -2.70. The molecule has 1 saturated carbocycles. The van der Waals surface area contributed by atoms with E-state index < -0.39 is 5.97 Å². The summed E-state index contributed by atoms with van der Waals surface area (Å²) in [5.74, 6) is -0.890. The summed E-state index contributed by atoms with van der Waals surface area (Å²) in [6.45, 7) is 1.79. The highest BCUT2D eigenvalue weighted by Gasteiger charge is 2.23. The van der Waals surface area contributed by atoms with Gasteiger partial charge >= 0.3 is 5.97 Å². The molecule has 0 saturated heterocycles. The lowest BCUT2D eigenvalue weighted by atomic mass is 9.86. The number of nitrogens with one attached hydrogen (secondary N) is 1. The minimum absolute atomic E-state index is 0.139. The lowest BCUT2D eigenvalue weighted by molar-refractivity contribution is -0.125. The number of hydrogen-bond donors (Lipinski definition) is 1. The van der Waals surface area contributed by atoms with E-state index in [4.69, 9.17) is 4.74 Å². The fraction of sp³-hybridized carbons (Fsp3) is 0.421. The Labute approximate surface area is 151 Å². The number of rotatable bonds is 5. The van der Waals surface area contributed by atoms with Crippen LogP contribution in [0.1, 0.15) is 43.1 Å². The van der Waals surface area contributed by atoms with Crippen molar-refractivity contribution in [2.24, 2.45) is 5.92 Å². The van der Waals surface area contributed by atoms with Gasteiger partial charge in [0.05, 0.1) is 12.5 Å². The van der Waals surface area contributed by atoms with Crippen LogP contribution in [0.15, 0.2) is 36.8 Å². The Kier molecular flexibility index (Phi) is 5.65. The molecular weight excluding hydrogens is 337 g/mol. The van der Waals surface area contributed by atoms with Crippen molar-refractivity contribution in [3.05, 3.63) is 48.3 Å². The van der Waals surface area contributed by atoms with Gasteiger partial charge in [0.1, 0.15) is 5.82 Å². The highest BCUT2D eigenvalue weighted by Crippen LogP contribution is 2.23.